The van der Waals surface area contributed by atoms with Gasteiger partial charge in [0.05, 0.1) is 12.0 Å². The number of ether oxygens (including phenoxy) is 1. The van der Waals surface area contributed by atoms with Gasteiger partial charge in [-0.25, -0.2) is 0 Å². The SMILES string of the molecule is COC(c1noc(CC(C)(O)CN)n1)C1CC1. The first kappa shape index (κ1) is 12.5. The molecule has 1 aromatic heterocycles. The molecular formula is C11H19N3O3. The maximum Gasteiger partial charge on any atom is 0.229 e. The van der Waals surface area contributed by atoms with Gasteiger partial charge >= 0.3 is 0 Å². The molecule has 0 radical (unpaired) electrons. The molecular weight excluding hydrogens is 222 g/mol. The normalized spacial score (nSPS) is 21.2. The van der Waals surface area contributed by atoms with Gasteiger partial charge in [0, 0.05) is 13.7 Å². The number of nitrogens with two attached hydrogens (primary N) is 1. The molecule has 0 aliphatic heterocycles. The third-order valence-corrected chi connectivity index (χ3v) is 3.01. The van der Waals surface area contributed by atoms with Crippen LogP contribution < -0.4 is 5.73 Å². The molecule has 2 unspecified atom stereocenters. The quantitative estimate of drug-likeness (QED) is 0.749. The summed E-state index contributed by atoms with van der Waals surface area (Å²) in [6.07, 6.45) is 2.46. The van der Waals surface area contributed by atoms with Crippen molar-refractivity contribution in [1.82, 2.24) is 10.1 Å². The van der Waals surface area contributed by atoms with Crippen LogP contribution in [0.15, 0.2) is 4.52 Å². The molecule has 0 bridgehead atoms. The lowest BCUT2D eigenvalue weighted by atomic mass is 10.0. The molecule has 0 spiro atoms. The van der Waals surface area contributed by atoms with E-state index in [0.717, 1.165) is 12.8 Å². The fourth-order valence-electron chi connectivity index (χ4n) is 1.76. The van der Waals surface area contributed by atoms with Gasteiger partial charge in [-0.15, -0.1) is 0 Å². The van der Waals surface area contributed by atoms with E-state index in [-0.39, 0.29) is 19.1 Å². The molecule has 1 fully saturated rings. The minimum atomic E-state index is -1.01. The van der Waals surface area contributed by atoms with Crippen molar-refractivity contribution < 1.29 is 14.4 Å². The van der Waals surface area contributed by atoms with E-state index in [2.05, 4.69) is 10.1 Å². The zero-order valence-corrected chi connectivity index (χ0v) is 10.2. The number of hydrogen-bond donors (Lipinski definition) is 2. The summed E-state index contributed by atoms with van der Waals surface area (Å²) in [5, 5.41) is 13.7. The van der Waals surface area contributed by atoms with Crippen LogP contribution in [0.25, 0.3) is 0 Å². The average Bonchev–Trinajstić information content (AvgIpc) is 3.01. The van der Waals surface area contributed by atoms with Gasteiger partial charge in [-0.05, 0) is 25.7 Å². The summed E-state index contributed by atoms with van der Waals surface area (Å²) in [5.41, 5.74) is 4.43. The van der Waals surface area contributed by atoms with Crippen LogP contribution in [0.1, 0.15) is 37.6 Å². The van der Waals surface area contributed by atoms with Crippen LogP contribution in [0.3, 0.4) is 0 Å². The molecule has 1 aliphatic carbocycles. The second-order valence-electron chi connectivity index (χ2n) is 4.92. The highest BCUT2D eigenvalue weighted by molar-refractivity contribution is 5.00. The van der Waals surface area contributed by atoms with E-state index in [9.17, 15) is 5.11 Å². The molecule has 0 amide bonds. The van der Waals surface area contributed by atoms with Gasteiger partial charge in [-0.3, -0.25) is 0 Å². The number of methoxy groups -OCH3 is 1. The van der Waals surface area contributed by atoms with Crippen LogP contribution in [0.5, 0.6) is 0 Å². The number of hydrogen-bond acceptors (Lipinski definition) is 6. The lowest BCUT2D eigenvalue weighted by molar-refractivity contribution is 0.0609. The van der Waals surface area contributed by atoms with Crippen LogP contribution in [0, 0.1) is 5.92 Å². The zero-order valence-electron chi connectivity index (χ0n) is 10.2. The van der Waals surface area contributed by atoms with Gasteiger partial charge in [0.1, 0.15) is 6.10 Å². The van der Waals surface area contributed by atoms with Gasteiger partial charge in [0.15, 0.2) is 0 Å². The lowest BCUT2D eigenvalue weighted by Gasteiger charge is -2.17. The third kappa shape index (κ3) is 3.02. The zero-order chi connectivity index (χ0) is 12.5. The van der Waals surface area contributed by atoms with E-state index in [4.69, 9.17) is 15.0 Å². The Hall–Kier alpha value is -0.980. The van der Waals surface area contributed by atoms with Gasteiger partial charge < -0.3 is 20.1 Å². The minimum absolute atomic E-state index is 0.0877. The minimum Gasteiger partial charge on any atom is -0.388 e. The maximum atomic E-state index is 9.82. The monoisotopic (exact) mass is 241 g/mol. The van der Waals surface area contributed by atoms with Crippen molar-refractivity contribution in [3.05, 3.63) is 11.7 Å². The van der Waals surface area contributed by atoms with Crippen molar-refractivity contribution >= 4 is 0 Å². The molecule has 0 aromatic carbocycles. The molecule has 1 aliphatic rings. The summed E-state index contributed by atoms with van der Waals surface area (Å²) in [6.45, 7) is 1.80. The first-order valence-electron chi connectivity index (χ1n) is 5.83. The summed E-state index contributed by atoms with van der Waals surface area (Å²) >= 11 is 0. The average molecular weight is 241 g/mol. The predicted octanol–water partition coefficient (Wildman–Crippen LogP) is 0.419. The summed E-state index contributed by atoms with van der Waals surface area (Å²) in [6, 6.07) is 0. The topological polar surface area (TPSA) is 94.4 Å². The summed E-state index contributed by atoms with van der Waals surface area (Å²) in [5.74, 6) is 1.47. The molecule has 6 heteroatoms. The molecule has 3 N–H and O–H groups in total. The third-order valence-electron chi connectivity index (χ3n) is 3.01. The predicted molar refractivity (Wildman–Crippen MR) is 60.2 cm³/mol. The van der Waals surface area contributed by atoms with Crippen molar-refractivity contribution in [2.75, 3.05) is 13.7 Å². The second kappa shape index (κ2) is 4.72. The molecule has 96 valence electrons. The van der Waals surface area contributed by atoms with E-state index in [1.54, 1.807) is 14.0 Å². The van der Waals surface area contributed by atoms with Crippen molar-refractivity contribution in [3.8, 4) is 0 Å². The van der Waals surface area contributed by atoms with Crippen LogP contribution in [0.2, 0.25) is 0 Å². The highest BCUT2D eigenvalue weighted by Crippen LogP contribution is 2.41. The first-order chi connectivity index (χ1) is 8.05. The van der Waals surface area contributed by atoms with Crippen LogP contribution >= 0.6 is 0 Å². The Kier molecular flexibility index (Phi) is 3.46. The first-order valence-corrected chi connectivity index (χ1v) is 5.83. The number of rotatable bonds is 6. The Morgan fingerprint density at radius 2 is 2.35 bits per heavy atom. The van der Waals surface area contributed by atoms with Gasteiger partial charge in [-0.1, -0.05) is 5.16 Å². The fraction of sp³-hybridized carbons (Fsp3) is 0.818. The van der Waals surface area contributed by atoms with E-state index >= 15 is 0 Å². The van der Waals surface area contributed by atoms with Crippen molar-refractivity contribution in [2.45, 2.75) is 37.9 Å². The van der Waals surface area contributed by atoms with Crippen molar-refractivity contribution in [1.29, 1.82) is 0 Å². The van der Waals surface area contributed by atoms with E-state index in [0.29, 0.717) is 17.6 Å². The smallest absolute Gasteiger partial charge is 0.229 e. The Morgan fingerprint density at radius 1 is 1.65 bits per heavy atom. The molecule has 1 heterocycles. The maximum absolute atomic E-state index is 9.82. The van der Waals surface area contributed by atoms with Gasteiger partial charge in [0.25, 0.3) is 0 Å². The number of nitrogens with zero attached hydrogens (tertiary/aromatic N) is 2. The van der Waals surface area contributed by atoms with Crippen molar-refractivity contribution in [2.24, 2.45) is 11.7 Å². The van der Waals surface area contributed by atoms with Crippen molar-refractivity contribution in [3.63, 3.8) is 0 Å². The highest BCUT2D eigenvalue weighted by Gasteiger charge is 2.36. The molecule has 1 saturated carbocycles. The van der Waals surface area contributed by atoms with E-state index < -0.39 is 5.60 Å². The second-order valence-corrected chi connectivity index (χ2v) is 4.92. The Labute approximate surface area is 100 Å². The van der Waals surface area contributed by atoms with Crippen LogP contribution in [-0.4, -0.2) is 34.5 Å². The number of aromatic nitrogens is 2. The lowest BCUT2D eigenvalue weighted by Crippen LogP contribution is -2.36. The summed E-state index contributed by atoms with van der Waals surface area (Å²) in [7, 11) is 1.65. The Bertz CT molecular complexity index is 374. The van der Waals surface area contributed by atoms with Crippen LogP contribution in [-0.2, 0) is 11.2 Å². The van der Waals surface area contributed by atoms with Crippen LogP contribution in [0.4, 0.5) is 0 Å². The van der Waals surface area contributed by atoms with Gasteiger partial charge in [-0.2, -0.15) is 4.98 Å². The fourth-order valence-corrected chi connectivity index (χ4v) is 1.76. The van der Waals surface area contributed by atoms with E-state index in [1.165, 1.54) is 0 Å². The number of aliphatic hydroxyl groups is 1. The molecule has 1 aromatic rings. The summed E-state index contributed by atoms with van der Waals surface area (Å²) < 4.78 is 10.5. The molecule has 2 atom stereocenters. The largest absolute Gasteiger partial charge is 0.388 e. The Morgan fingerprint density at radius 3 is 2.88 bits per heavy atom. The van der Waals surface area contributed by atoms with Gasteiger partial charge in [0.2, 0.25) is 11.7 Å². The molecule has 0 saturated heterocycles. The molecule has 17 heavy (non-hydrogen) atoms. The summed E-state index contributed by atoms with van der Waals surface area (Å²) in [4.78, 5) is 4.26. The van der Waals surface area contributed by atoms with E-state index in [1.807, 2.05) is 0 Å². The highest BCUT2D eigenvalue weighted by atomic mass is 16.5. The molecule has 2 rings (SSSR count). The Balaban J connectivity index is 2.04. The standard InChI is InChI=1S/C11H19N3O3/c1-11(15,6-12)5-8-13-10(14-17-8)9(16-2)7-3-4-7/h7,9,15H,3-6,12H2,1-2H3. The molecule has 6 nitrogen and oxygen atoms in total.